The van der Waals surface area contributed by atoms with Gasteiger partial charge in [0.25, 0.3) is 0 Å². The summed E-state index contributed by atoms with van der Waals surface area (Å²) in [6.45, 7) is 9.16. The van der Waals surface area contributed by atoms with Gasteiger partial charge < -0.3 is 0 Å². The summed E-state index contributed by atoms with van der Waals surface area (Å²) in [6.07, 6.45) is 3.51. The van der Waals surface area contributed by atoms with Crippen molar-refractivity contribution in [2.75, 3.05) is 0 Å². The van der Waals surface area contributed by atoms with E-state index in [2.05, 4.69) is 11.6 Å². The Bertz CT molecular complexity index is 495. The second kappa shape index (κ2) is 5.94. The summed E-state index contributed by atoms with van der Waals surface area (Å²) < 4.78 is 0. The lowest BCUT2D eigenvalue weighted by molar-refractivity contribution is 0.101. The molecule has 0 fully saturated rings. The van der Waals surface area contributed by atoms with E-state index >= 15 is 0 Å². The lowest BCUT2D eigenvalue weighted by atomic mass is 10.0. The standard InChI is InChI=1S/C15H17NO/c1-5-15(11(3)16-6-2)14-9-7-8-13(10-14)12(4)17/h5-10H,1H2,2-4H3/b15-11+,16-6?. The van der Waals surface area contributed by atoms with Crippen molar-refractivity contribution in [2.45, 2.75) is 20.8 Å². The molecule has 17 heavy (non-hydrogen) atoms. The van der Waals surface area contributed by atoms with E-state index in [1.165, 1.54) is 0 Å². The first-order valence-electron chi connectivity index (χ1n) is 5.53. The molecule has 2 nitrogen and oxygen atoms in total. The van der Waals surface area contributed by atoms with Gasteiger partial charge in [0.05, 0.1) is 0 Å². The summed E-state index contributed by atoms with van der Waals surface area (Å²) in [6, 6.07) is 7.51. The van der Waals surface area contributed by atoms with E-state index in [-0.39, 0.29) is 5.78 Å². The molecule has 0 saturated carbocycles. The fourth-order valence-corrected chi connectivity index (χ4v) is 1.64. The second-order valence-electron chi connectivity index (χ2n) is 3.73. The Morgan fingerprint density at radius 3 is 2.47 bits per heavy atom. The van der Waals surface area contributed by atoms with Gasteiger partial charge in [-0.25, -0.2) is 0 Å². The third-order valence-corrected chi connectivity index (χ3v) is 2.50. The van der Waals surface area contributed by atoms with E-state index in [9.17, 15) is 4.79 Å². The van der Waals surface area contributed by atoms with Crippen molar-refractivity contribution in [1.29, 1.82) is 0 Å². The molecule has 0 aliphatic rings. The molecule has 0 spiro atoms. The van der Waals surface area contributed by atoms with Gasteiger partial charge in [-0.3, -0.25) is 9.79 Å². The molecule has 0 heterocycles. The number of rotatable bonds is 4. The zero-order chi connectivity index (χ0) is 12.8. The molecule has 0 saturated heterocycles. The Morgan fingerprint density at radius 2 is 1.94 bits per heavy atom. The summed E-state index contributed by atoms with van der Waals surface area (Å²) in [5.41, 5.74) is 3.51. The lowest BCUT2D eigenvalue weighted by Crippen LogP contribution is -1.93. The number of benzene rings is 1. The fraction of sp³-hybridized carbons (Fsp3) is 0.200. The minimum atomic E-state index is 0.0620. The second-order valence-corrected chi connectivity index (χ2v) is 3.73. The van der Waals surface area contributed by atoms with Crippen molar-refractivity contribution in [3.8, 4) is 0 Å². The van der Waals surface area contributed by atoms with Crippen molar-refractivity contribution in [3.63, 3.8) is 0 Å². The van der Waals surface area contributed by atoms with Crippen molar-refractivity contribution in [3.05, 3.63) is 53.7 Å². The van der Waals surface area contributed by atoms with Crippen LogP contribution in [-0.2, 0) is 0 Å². The van der Waals surface area contributed by atoms with E-state index in [1.54, 1.807) is 19.2 Å². The van der Waals surface area contributed by atoms with Gasteiger partial charge >= 0.3 is 0 Å². The van der Waals surface area contributed by atoms with Gasteiger partial charge in [0.15, 0.2) is 5.78 Å². The van der Waals surface area contributed by atoms with Crippen molar-refractivity contribution in [2.24, 2.45) is 4.99 Å². The average Bonchev–Trinajstić information content (AvgIpc) is 2.30. The highest BCUT2D eigenvalue weighted by atomic mass is 16.1. The molecule has 0 bridgehead atoms. The molecule has 88 valence electrons. The van der Waals surface area contributed by atoms with Crippen LogP contribution in [0.25, 0.3) is 5.57 Å². The summed E-state index contributed by atoms with van der Waals surface area (Å²) in [4.78, 5) is 15.6. The Labute approximate surface area is 102 Å². The number of nitrogens with zero attached hydrogens (tertiary/aromatic N) is 1. The number of carbonyl (C=O) groups excluding carboxylic acids is 1. The van der Waals surface area contributed by atoms with Crippen LogP contribution in [0.15, 0.2) is 47.6 Å². The van der Waals surface area contributed by atoms with Crippen LogP contribution in [0, 0.1) is 0 Å². The van der Waals surface area contributed by atoms with Crippen LogP contribution >= 0.6 is 0 Å². The number of hydrogen-bond acceptors (Lipinski definition) is 2. The Morgan fingerprint density at radius 1 is 1.29 bits per heavy atom. The highest BCUT2D eigenvalue weighted by Gasteiger charge is 2.05. The van der Waals surface area contributed by atoms with Crippen LogP contribution in [0.1, 0.15) is 36.7 Å². The number of carbonyl (C=O) groups is 1. The minimum absolute atomic E-state index is 0.0620. The molecular weight excluding hydrogens is 210 g/mol. The quantitative estimate of drug-likeness (QED) is 0.436. The molecular formula is C15H17NO. The largest absolute Gasteiger partial charge is 0.295 e. The lowest BCUT2D eigenvalue weighted by Gasteiger charge is -2.06. The maximum absolute atomic E-state index is 11.3. The third kappa shape index (κ3) is 3.25. The van der Waals surface area contributed by atoms with Crippen molar-refractivity contribution >= 4 is 17.6 Å². The van der Waals surface area contributed by atoms with E-state index < -0.39 is 0 Å². The third-order valence-electron chi connectivity index (χ3n) is 2.50. The Hall–Kier alpha value is -1.96. The number of aliphatic imine (C=N–C) groups is 1. The normalized spacial score (nSPS) is 12.4. The summed E-state index contributed by atoms with van der Waals surface area (Å²) >= 11 is 0. The highest BCUT2D eigenvalue weighted by Crippen LogP contribution is 2.21. The zero-order valence-electron chi connectivity index (χ0n) is 10.5. The monoisotopic (exact) mass is 227 g/mol. The molecule has 1 rings (SSSR count). The van der Waals surface area contributed by atoms with Gasteiger partial charge in [0.1, 0.15) is 0 Å². The van der Waals surface area contributed by atoms with Gasteiger partial charge in [-0.05, 0) is 32.4 Å². The predicted octanol–water partition coefficient (Wildman–Crippen LogP) is 3.90. The highest BCUT2D eigenvalue weighted by molar-refractivity contribution is 5.95. The maximum Gasteiger partial charge on any atom is 0.159 e. The molecule has 0 atom stereocenters. The molecule has 0 aliphatic carbocycles. The van der Waals surface area contributed by atoms with E-state index in [1.807, 2.05) is 38.1 Å². The first-order chi connectivity index (χ1) is 8.10. The smallest absolute Gasteiger partial charge is 0.159 e. The summed E-state index contributed by atoms with van der Waals surface area (Å²) in [5, 5.41) is 0. The molecule has 1 aromatic carbocycles. The Kier molecular flexibility index (Phi) is 4.58. The van der Waals surface area contributed by atoms with Crippen molar-refractivity contribution in [1.82, 2.24) is 0 Å². The van der Waals surface area contributed by atoms with Gasteiger partial charge in [-0.15, -0.1) is 0 Å². The number of ketones is 1. The number of allylic oxidation sites excluding steroid dienone is 3. The number of hydrogen-bond donors (Lipinski definition) is 0. The van der Waals surface area contributed by atoms with Crippen LogP contribution in [-0.4, -0.2) is 12.0 Å². The Balaban J connectivity index is 3.31. The molecule has 0 radical (unpaired) electrons. The minimum Gasteiger partial charge on any atom is -0.295 e. The van der Waals surface area contributed by atoms with Crippen LogP contribution in [0.5, 0.6) is 0 Å². The first kappa shape index (κ1) is 13.1. The van der Waals surface area contributed by atoms with Gasteiger partial charge in [-0.2, -0.15) is 0 Å². The molecule has 2 heteroatoms. The van der Waals surface area contributed by atoms with Crippen LogP contribution < -0.4 is 0 Å². The topological polar surface area (TPSA) is 29.4 Å². The van der Waals surface area contributed by atoms with Crippen LogP contribution in [0.2, 0.25) is 0 Å². The van der Waals surface area contributed by atoms with Gasteiger partial charge in [0.2, 0.25) is 0 Å². The van der Waals surface area contributed by atoms with Gasteiger partial charge in [-0.1, -0.05) is 30.9 Å². The maximum atomic E-state index is 11.3. The number of Topliss-reactive ketones (excluding diaryl/α,β-unsaturated/α-hetero) is 1. The van der Waals surface area contributed by atoms with E-state index in [4.69, 9.17) is 0 Å². The molecule has 0 N–H and O–H groups in total. The van der Waals surface area contributed by atoms with E-state index in [0.717, 1.165) is 16.8 Å². The molecule has 0 aromatic heterocycles. The summed E-state index contributed by atoms with van der Waals surface area (Å²) in [7, 11) is 0. The summed E-state index contributed by atoms with van der Waals surface area (Å²) in [5.74, 6) is 0.0620. The molecule has 1 aromatic rings. The molecule has 0 unspecified atom stereocenters. The fourth-order valence-electron chi connectivity index (χ4n) is 1.64. The van der Waals surface area contributed by atoms with Crippen molar-refractivity contribution < 1.29 is 4.79 Å². The SMILES string of the molecule is C=C/C(=C(/C)N=CC)c1cccc(C(C)=O)c1. The zero-order valence-corrected chi connectivity index (χ0v) is 10.5. The predicted molar refractivity (Wildman–Crippen MR) is 73.4 cm³/mol. The first-order valence-corrected chi connectivity index (χ1v) is 5.53. The van der Waals surface area contributed by atoms with Crippen LogP contribution in [0.4, 0.5) is 0 Å². The van der Waals surface area contributed by atoms with E-state index in [0.29, 0.717) is 5.56 Å². The van der Waals surface area contributed by atoms with Gasteiger partial charge in [0, 0.05) is 23.0 Å². The molecule has 0 aliphatic heterocycles. The average molecular weight is 227 g/mol. The van der Waals surface area contributed by atoms with Crippen LogP contribution in [0.3, 0.4) is 0 Å². The molecule has 0 amide bonds.